The molecule has 6 nitrogen and oxygen atoms in total. The Hall–Kier alpha value is -2.28. The topological polar surface area (TPSA) is 79.3 Å². The molecule has 2 N–H and O–H groups in total. The summed E-state index contributed by atoms with van der Waals surface area (Å²) >= 11 is 1.60. The number of aromatic hydroxyl groups is 2. The minimum absolute atomic E-state index is 0.0547. The maximum absolute atomic E-state index is 10.2. The smallest absolute Gasteiger partial charge is 0.206 e. The summed E-state index contributed by atoms with van der Waals surface area (Å²) in [6, 6.07) is 3.18. The number of phenols is 2. The second-order valence-corrected chi connectivity index (χ2v) is 9.05. The molecule has 1 fully saturated rings. The quantitative estimate of drug-likeness (QED) is 0.744. The molecule has 1 aliphatic rings. The lowest BCUT2D eigenvalue weighted by Crippen LogP contribution is -2.24. The molecule has 1 aliphatic carbocycles. The molecule has 2 aromatic rings. The molecule has 0 saturated heterocycles. The Bertz CT molecular complexity index is 916. The lowest BCUT2D eigenvalue weighted by Gasteiger charge is -2.19. The SMILES string of the molecule is COc1cc(/C=N/n2c(C(C)(C)C)cs/c2=N\C2CCCCC2)c(O)cc1O. The Morgan fingerprint density at radius 3 is 2.50 bits per heavy atom. The molecule has 1 aromatic carbocycles. The average molecular weight is 404 g/mol. The van der Waals surface area contributed by atoms with Gasteiger partial charge in [-0.25, -0.2) is 4.68 Å². The summed E-state index contributed by atoms with van der Waals surface area (Å²) in [4.78, 5) is 5.85. The van der Waals surface area contributed by atoms with Crippen LogP contribution in [-0.2, 0) is 5.41 Å². The van der Waals surface area contributed by atoms with E-state index in [1.165, 1.54) is 32.4 Å². The van der Waals surface area contributed by atoms with Crippen molar-refractivity contribution in [3.63, 3.8) is 0 Å². The van der Waals surface area contributed by atoms with Gasteiger partial charge in [0.05, 0.1) is 25.1 Å². The molecule has 0 spiro atoms. The van der Waals surface area contributed by atoms with E-state index in [-0.39, 0.29) is 22.7 Å². The van der Waals surface area contributed by atoms with Crippen LogP contribution >= 0.6 is 11.3 Å². The molecule has 7 heteroatoms. The highest BCUT2D eigenvalue weighted by Gasteiger charge is 2.21. The summed E-state index contributed by atoms with van der Waals surface area (Å²) in [7, 11) is 1.47. The van der Waals surface area contributed by atoms with Crippen molar-refractivity contribution in [3.05, 3.63) is 33.6 Å². The van der Waals surface area contributed by atoms with Crippen molar-refractivity contribution < 1.29 is 14.9 Å². The van der Waals surface area contributed by atoms with Gasteiger partial charge >= 0.3 is 0 Å². The predicted molar refractivity (Wildman–Crippen MR) is 113 cm³/mol. The van der Waals surface area contributed by atoms with Crippen molar-refractivity contribution in [2.75, 3.05) is 7.11 Å². The molecular formula is C21H29N3O3S. The van der Waals surface area contributed by atoms with Gasteiger partial charge in [0.15, 0.2) is 11.5 Å². The fourth-order valence-electron chi connectivity index (χ4n) is 3.33. The fourth-order valence-corrected chi connectivity index (χ4v) is 4.45. The summed E-state index contributed by atoms with van der Waals surface area (Å²) in [5.41, 5.74) is 1.44. The zero-order chi connectivity index (χ0) is 20.3. The van der Waals surface area contributed by atoms with Crippen molar-refractivity contribution in [1.29, 1.82) is 0 Å². The molecule has 1 saturated carbocycles. The summed E-state index contributed by atoms with van der Waals surface area (Å²) in [5.74, 6) is 0.127. The first-order valence-corrected chi connectivity index (χ1v) is 10.6. The van der Waals surface area contributed by atoms with Crippen LogP contribution in [-0.4, -0.2) is 34.3 Å². The van der Waals surface area contributed by atoms with Gasteiger partial charge in [0.25, 0.3) is 0 Å². The number of hydrogen-bond acceptors (Lipinski definition) is 6. The number of thiazole rings is 1. The van der Waals surface area contributed by atoms with Crippen LogP contribution in [0.2, 0.25) is 0 Å². The summed E-state index contributed by atoms with van der Waals surface area (Å²) in [6.07, 6.45) is 7.60. The molecule has 1 heterocycles. The third-order valence-electron chi connectivity index (χ3n) is 4.96. The Kier molecular flexibility index (Phi) is 6.13. The van der Waals surface area contributed by atoms with E-state index in [1.807, 2.05) is 4.68 Å². The number of hydrogen-bond donors (Lipinski definition) is 2. The van der Waals surface area contributed by atoms with Crippen LogP contribution in [0.5, 0.6) is 17.2 Å². The van der Waals surface area contributed by atoms with E-state index >= 15 is 0 Å². The maximum Gasteiger partial charge on any atom is 0.206 e. The van der Waals surface area contributed by atoms with Crippen LogP contribution < -0.4 is 9.54 Å². The minimum atomic E-state index is -0.108. The van der Waals surface area contributed by atoms with Crippen molar-refractivity contribution in [2.45, 2.75) is 64.3 Å². The van der Waals surface area contributed by atoms with Crippen LogP contribution in [0, 0.1) is 0 Å². The molecule has 0 amide bonds. The van der Waals surface area contributed by atoms with Crippen LogP contribution in [0.4, 0.5) is 0 Å². The van der Waals surface area contributed by atoms with E-state index < -0.39 is 0 Å². The van der Waals surface area contributed by atoms with Gasteiger partial charge in [-0.3, -0.25) is 4.99 Å². The molecular weight excluding hydrogens is 374 g/mol. The van der Waals surface area contributed by atoms with E-state index in [9.17, 15) is 10.2 Å². The van der Waals surface area contributed by atoms with Gasteiger partial charge in [-0.2, -0.15) is 5.10 Å². The Morgan fingerprint density at radius 1 is 1.14 bits per heavy atom. The summed E-state index contributed by atoms with van der Waals surface area (Å²) in [6.45, 7) is 6.44. The highest BCUT2D eigenvalue weighted by Crippen LogP contribution is 2.32. The molecule has 0 atom stereocenters. The molecule has 0 aliphatic heterocycles. The standard InChI is InChI=1S/C21H29N3O3S/c1-21(2,3)19-13-28-20(23-15-8-6-5-7-9-15)24(19)22-12-14-10-18(27-4)17(26)11-16(14)25/h10-13,15,25-26H,5-9H2,1-4H3/b22-12+,23-20-. The van der Waals surface area contributed by atoms with E-state index in [0.29, 0.717) is 11.6 Å². The average Bonchev–Trinajstić information content (AvgIpc) is 3.05. The maximum atomic E-state index is 10.2. The van der Waals surface area contributed by atoms with Gasteiger partial charge in [0.1, 0.15) is 5.75 Å². The lowest BCUT2D eigenvalue weighted by molar-refractivity contribution is 0.369. The molecule has 0 radical (unpaired) electrons. The van der Waals surface area contributed by atoms with Crippen LogP contribution in [0.3, 0.4) is 0 Å². The normalized spacial score (nSPS) is 16.8. The predicted octanol–water partition coefficient (Wildman–Crippen LogP) is 4.38. The molecule has 1 aromatic heterocycles. The Labute approximate surface area is 169 Å². The van der Waals surface area contributed by atoms with Crippen molar-refractivity contribution >= 4 is 17.6 Å². The number of phenolic OH excluding ortho intramolecular Hbond substituents is 2. The third-order valence-corrected chi connectivity index (χ3v) is 5.79. The van der Waals surface area contributed by atoms with Gasteiger partial charge in [0, 0.05) is 22.4 Å². The van der Waals surface area contributed by atoms with Crippen LogP contribution in [0.25, 0.3) is 0 Å². The molecule has 0 unspecified atom stereocenters. The number of rotatable bonds is 4. The highest BCUT2D eigenvalue weighted by molar-refractivity contribution is 7.07. The molecule has 152 valence electrons. The number of aromatic nitrogens is 1. The zero-order valence-electron chi connectivity index (χ0n) is 17.0. The first-order chi connectivity index (χ1) is 13.3. The van der Waals surface area contributed by atoms with E-state index in [2.05, 4.69) is 31.3 Å². The van der Waals surface area contributed by atoms with E-state index in [1.54, 1.807) is 23.6 Å². The van der Waals surface area contributed by atoms with Crippen molar-refractivity contribution in [2.24, 2.45) is 10.1 Å². The Balaban J connectivity index is 2.03. The monoisotopic (exact) mass is 403 g/mol. The second kappa shape index (κ2) is 8.39. The Morgan fingerprint density at radius 2 is 1.86 bits per heavy atom. The first-order valence-electron chi connectivity index (χ1n) is 9.69. The number of methoxy groups -OCH3 is 1. The second-order valence-electron chi connectivity index (χ2n) is 8.21. The largest absolute Gasteiger partial charge is 0.507 e. The van der Waals surface area contributed by atoms with Gasteiger partial charge in [0.2, 0.25) is 4.80 Å². The molecule has 3 rings (SSSR count). The van der Waals surface area contributed by atoms with Gasteiger partial charge in [-0.05, 0) is 18.9 Å². The number of benzene rings is 1. The van der Waals surface area contributed by atoms with Gasteiger partial charge < -0.3 is 14.9 Å². The third kappa shape index (κ3) is 4.58. The molecule has 28 heavy (non-hydrogen) atoms. The van der Waals surface area contributed by atoms with Gasteiger partial charge in [-0.1, -0.05) is 40.0 Å². The summed E-state index contributed by atoms with van der Waals surface area (Å²) in [5, 5.41) is 26.7. The number of nitrogens with zero attached hydrogens (tertiary/aromatic N) is 3. The highest BCUT2D eigenvalue weighted by atomic mass is 32.1. The lowest BCUT2D eigenvalue weighted by atomic mass is 9.93. The zero-order valence-corrected chi connectivity index (χ0v) is 17.8. The minimum Gasteiger partial charge on any atom is -0.507 e. The summed E-state index contributed by atoms with van der Waals surface area (Å²) < 4.78 is 7.01. The van der Waals surface area contributed by atoms with E-state index in [4.69, 9.17) is 9.73 Å². The van der Waals surface area contributed by atoms with Gasteiger partial charge in [-0.15, -0.1) is 11.3 Å². The van der Waals surface area contributed by atoms with Crippen LogP contribution in [0.1, 0.15) is 64.1 Å². The van der Waals surface area contributed by atoms with Crippen molar-refractivity contribution in [1.82, 2.24) is 4.68 Å². The first kappa shape index (κ1) is 20.5. The number of ether oxygens (including phenoxy) is 1. The molecule has 0 bridgehead atoms. The van der Waals surface area contributed by atoms with Crippen LogP contribution in [0.15, 0.2) is 27.6 Å². The van der Waals surface area contributed by atoms with Crippen molar-refractivity contribution in [3.8, 4) is 17.2 Å². The van der Waals surface area contributed by atoms with E-state index in [0.717, 1.165) is 23.3 Å². The fraction of sp³-hybridized carbons (Fsp3) is 0.524.